The third-order valence-electron chi connectivity index (χ3n) is 3.49. The highest BCUT2D eigenvalue weighted by Gasteiger charge is 2.13. The molecule has 5 nitrogen and oxygen atoms in total. The summed E-state index contributed by atoms with van der Waals surface area (Å²) in [6.07, 6.45) is 0.757. The molecule has 1 N–H and O–H groups in total. The molecule has 1 amide bonds. The van der Waals surface area contributed by atoms with Gasteiger partial charge >= 0.3 is 0 Å². The molecule has 0 radical (unpaired) electrons. The zero-order valence-electron chi connectivity index (χ0n) is 12.7. The van der Waals surface area contributed by atoms with Crippen molar-refractivity contribution >= 4 is 17.2 Å². The van der Waals surface area contributed by atoms with Gasteiger partial charge in [-0.1, -0.05) is 35.5 Å². The van der Waals surface area contributed by atoms with Gasteiger partial charge in [-0.15, -0.1) is 0 Å². The molecule has 3 aromatic rings. The maximum absolute atomic E-state index is 12.0. The quantitative estimate of drug-likeness (QED) is 0.751. The Kier molecular flexibility index (Phi) is 4.83. The molecule has 0 spiro atoms. The van der Waals surface area contributed by atoms with Crippen LogP contribution in [0.1, 0.15) is 30.8 Å². The molecule has 0 saturated heterocycles. The highest BCUT2D eigenvalue weighted by molar-refractivity contribution is 7.08. The Morgan fingerprint density at radius 3 is 2.87 bits per heavy atom. The Balaban J connectivity index is 1.51. The number of benzene rings is 1. The van der Waals surface area contributed by atoms with Gasteiger partial charge in [0.25, 0.3) is 0 Å². The Morgan fingerprint density at radius 1 is 1.30 bits per heavy atom. The Bertz CT molecular complexity index is 753. The molecule has 0 unspecified atom stereocenters. The molecule has 0 aliphatic rings. The van der Waals surface area contributed by atoms with Crippen molar-refractivity contribution in [2.75, 3.05) is 0 Å². The topological polar surface area (TPSA) is 68.0 Å². The van der Waals surface area contributed by atoms with E-state index in [0.717, 1.165) is 11.1 Å². The number of hydrogen-bond donors (Lipinski definition) is 1. The van der Waals surface area contributed by atoms with E-state index in [0.29, 0.717) is 24.6 Å². The van der Waals surface area contributed by atoms with Crippen LogP contribution in [0.5, 0.6) is 0 Å². The van der Waals surface area contributed by atoms with Crippen molar-refractivity contribution in [3.8, 4) is 11.4 Å². The molecule has 2 heterocycles. The lowest BCUT2D eigenvalue weighted by molar-refractivity contribution is -0.121. The summed E-state index contributed by atoms with van der Waals surface area (Å²) in [7, 11) is 0. The van der Waals surface area contributed by atoms with E-state index in [-0.39, 0.29) is 11.9 Å². The largest absolute Gasteiger partial charge is 0.350 e. The van der Waals surface area contributed by atoms with Gasteiger partial charge in [-0.2, -0.15) is 16.3 Å². The maximum Gasteiger partial charge on any atom is 0.227 e. The standard InChI is InChI=1S/C17H17N3O2S/c1-12(13-5-3-2-4-6-13)18-15(21)7-8-16-19-17(20-22-16)14-9-10-23-11-14/h2-6,9-12H,7-8H2,1H3,(H,18,21)/t12-/m0/s1. The van der Waals surface area contributed by atoms with E-state index >= 15 is 0 Å². The summed E-state index contributed by atoms with van der Waals surface area (Å²) >= 11 is 1.58. The van der Waals surface area contributed by atoms with Crippen LogP contribution in [0.3, 0.4) is 0 Å². The van der Waals surface area contributed by atoms with Crippen LogP contribution in [0.4, 0.5) is 0 Å². The molecule has 3 rings (SSSR count). The van der Waals surface area contributed by atoms with Gasteiger partial charge in [0, 0.05) is 23.8 Å². The Hall–Kier alpha value is -2.47. The van der Waals surface area contributed by atoms with E-state index in [1.165, 1.54) is 0 Å². The number of aromatic nitrogens is 2. The highest BCUT2D eigenvalue weighted by Crippen LogP contribution is 2.19. The molecule has 0 saturated carbocycles. The van der Waals surface area contributed by atoms with Crippen LogP contribution in [-0.4, -0.2) is 16.0 Å². The lowest BCUT2D eigenvalue weighted by Crippen LogP contribution is -2.26. The van der Waals surface area contributed by atoms with Crippen LogP contribution in [0.15, 0.2) is 51.7 Å². The fraction of sp³-hybridized carbons (Fsp3) is 0.235. The number of amides is 1. The number of hydrogen-bond acceptors (Lipinski definition) is 5. The number of carbonyl (C=O) groups excluding carboxylic acids is 1. The van der Waals surface area contributed by atoms with Gasteiger partial charge < -0.3 is 9.84 Å². The SMILES string of the molecule is C[C@H](NC(=O)CCc1nc(-c2ccsc2)no1)c1ccccc1. The van der Waals surface area contributed by atoms with Crippen LogP contribution in [-0.2, 0) is 11.2 Å². The smallest absolute Gasteiger partial charge is 0.227 e. The van der Waals surface area contributed by atoms with Gasteiger partial charge in [-0.25, -0.2) is 0 Å². The average Bonchev–Trinajstić information content (AvgIpc) is 3.25. The zero-order valence-corrected chi connectivity index (χ0v) is 13.5. The summed E-state index contributed by atoms with van der Waals surface area (Å²) in [6.45, 7) is 1.97. The number of nitrogens with zero attached hydrogens (tertiary/aromatic N) is 2. The van der Waals surface area contributed by atoms with Crippen molar-refractivity contribution in [1.82, 2.24) is 15.5 Å². The van der Waals surface area contributed by atoms with E-state index in [2.05, 4.69) is 15.5 Å². The second-order valence-corrected chi connectivity index (χ2v) is 6.00. The second kappa shape index (κ2) is 7.19. The van der Waals surface area contributed by atoms with Crippen LogP contribution in [0, 0.1) is 0 Å². The molecular weight excluding hydrogens is 310 g/mol. The van der Waals surface area contributed by atoms with Gasteiger partial charge in [0.2, 0.25) is 17.6 Å². The minimum atomic E-state index is -0.0309. The molecule has 0 aliphatic carbocycles. The molecule has 118 valence electrons. The molecule has 1 aromatic carbocycles. The maximum atomic E-state index is 12.0. The monoisotopic (exact) mass is 327 g/mol. The third kappa shape index (κ3) is 4.04. The molecular formula is C17H17N3O2S. The predicted octanol–water partition coefficient (Wildman–Crippen LogP) is 3.61. The Morgan fingerprint density at radius 2 is 2.13 bits per heavy atom. The van der Waals surface area contributed by atoms with Crippen molar-refractivity contribution < 1.29 is 9.32 Å². The fourth-order valence-corrected chi connectivity index (χ4v) is 2.86. The Labute approximate surface area is 138 Å². The van der Waals surface area contributed by atoms with Gasteiger partial charge in [0.15, 0.2) is 0 Å². The summed E-state index contributed by atoms with van der Waals surface area (Å²) in [5.74, 6) is 1.02. The molecule has 6 heteroatoms. The average molecular weight is 327 g/mol. The summed E-state index contributed by atoms with van der Waals surface area (Å²) in [5.41, 5.74) is 2.02. The number of nitrogens with one attached hydrogen (secondary N) is 1. The highest BCUT2D eigenvalue weighted by atomic mass is 32.1. The lowest BCUT2D eigenvalue weighted by atomic mass is 10.1. The van der Waals surface area contributed by atoms with E-state index < -0.39 is 0 Å². The minimum Gasteiger partial charge on any atom is -0.350 e. The van der Waals surface area contributed by atoms with Crippen LogP contribution < -0.4 is 5.32 Å². The normalized spacial score (nSPS) is 12.0. The fourth-order valence-electron chi connectivity index (χ4n) is 2.22. The van der Waals surface area contributed by atoms with Crippen LogP contribution in [0.2, 0.25) is 0 Å². The second-order valence-electron chi connectivity index (χ2n) is 5.22. The number of rotatable bonds is 6. The van der Waals surface area contributed by atoms with Gasteiger partial charge in [0.05, 0.1) is 6.04 Å². The molecule has 1 atom stereocenters. The summed E-state index contributed by atoms with van der Waals surface area (Å²) in [6, 6.07) is 11.8. The van der Waals surface area contributed by atoms with Crippen molar-refractivity contribution in [2.24, 2.45) is 0 Å². The van der Waals surface area contributed by atoms with Gasteiger partial charge in [-0.05, 0) is 23.9 Å². The molecule has 0 aliphatic heterocycles. The van der Waals surface area contributed by atoms with Gasteiger partial charge in [-0.3, -0.25) is 4.79 Å². The van der Waals surface area contributed by atoms with E-state index in [1.807, 2.05) is 54.1 Å². The molecule has 23 heavy (non-hydrogen) atoms. The van der Waals surface area contributed by atoms with Crippen molar-refractivity contribution in [1.29, 1.82) is 0 Å². The summed E-state index contributed by atoms with van der Waals surface area (Å²) in [5, 5.41) is 10.8. The first-order valence-corrected chi connectivity index (χ1v) is 8.36. The number of aryl methyl sites for hydroxylation is 1. The molecule has 2 aromatic heterocycles. The third-order valence-corrected chi connectivity index (χ3v) is 4.17. The predicted molar refractivity (Wildman–Crippen MR) is 88.9 cm³/mol. The van der Waals surface area contributed by atoms with Crippen molar-refractivity contribution in [3.63, 3.8) is 0 Å². The number of carbonyl (C=O) groups is 1. The van der Waals surface area contributed by atoms with E-state index in [9.17, 15) is 4.79 Å². The summed E-state index contributed by atoms with van der Waals surface area (Å²) < 4.78 is 5.19. The molecule has 0 bridgehead atoms. The van der Waals surface area contributed by atoms with Crippen LogP contribution >= 0.6 is 11.3 Å². The van der Waals surface area contributed by atoms with Crippen molar-refractivity contribution in [2.45, 2.75) is 25.8 Å². The first kappa shape index (κ1) is 15.4. The van der Waals surface area contributed by atoms with E-state index in [1.54, 1.807) is 11.3 Å². The van der Waals surface area contributed by atoms with Crippen molar-refractivity contribution in [3.05, 3.63) is 58.6 Å². The molecule has 0 fully saturated rings. The first-order chi connectivity index (χ1) is 11.2. The lowest BCUT2D eigenvalue weighted by Gasteiger charge is -2.13. The first-order valence-electron chi connectivity index (χ1n) is 7.42. The van der Waals surface area contributed by atoms with Gasteiger partial charge in [0.1, 0.15) is 0 Å². The zero-order chi connectivity index (χ0) is 16.1. The number of thiophene rings is 1. The minimum absolute atomic E-state index is 0.0206. The van der Waals surface area contributed by atoms with Crippen LogP contribution in [0.25, 0.3) is 11.4 Å². The summed E-state index contributed by atoms with van der Waals surface area (Å²) in [4.78, 5) is 16.3. The van der Waals surface area contributed by atoms with E-state index in [4.69, 9.17) is 4.52 Å².